The van der Waals surface area contributed by atoms with Crippen LogP contribution in [0.1, 0.15) is 45.1 Å². The Hall–Kier alpha value is -1.22. The Morgan fingerprint density at radius 1 is 1.00 bits per heavy atom. The summed E-state index contributed by atoms with van der Waals surface area (Å²) in [5.41, 5.74) is 7.58. The summed E-state index contributed by atoms with van der Waals surface area (Å²) < 4.78 is 11.8. The van der Waals surface area contributed by atoms with Gasteiger partial charge >= 0.3 is 0 Å². The summed E-state index contributed by atoms with van der Waals surface area (Å²) in [5.74, 6) is 1.69. The summed E-state index contributed by atoms with van der Waals surface area (Å²) in [7, 11) is 0. The van der Waals surface area contributed by atoms with Crippen molar-refractivity contribution >= 4 is 0 Å². The lowest BCUT2D eigenvalue weighted by Crippen LogP contribution is -2.33. The van der Waals surface area contributed by atoms with Gasteiger partial charge < -0.3 is 15.2 Å². The molecule has 2 N–H and O–H groups in total. The second-order valence-electron chi connectivity index (χ2n) is 6.77. The van der Waals surface area contributed by atoms with Crippen LogP contribution in [-0.2, 0) is 5.54 Å². The molecule has 0 amide bonds. The average molecular weight is 261 g/mol. The van der Waals surface area contributed by atoms with Gasteiger partial charge in [0, 0.05) is 11.0 Å². The van der Waals surface area contributed by atoms with Crippen LogP contribution in [0, 0.1) is 5.41 Å². The number of rotatable bonds is 1. The van der Waals surface area contributed by atoms with E-state index in [4.69, 9.17) is 15.2 Å². The van der Waals surface area contributed by atoms with Gasteiger partial charge in [0.05, 0.1) is 13.2 Å². The van der Waals surface area contributed by atoms with E-state index in [2.05, 4.69) is 26.0 Å². The van der Waals surface area contributed by atoms with Crippen molar-refractivity contribution in [3.63, 3.8) is 0 Å². The molecule has 0 unspecified atom stereocenters. The molecular weight excluding hydrogens is 238 g/mol. The van der Waals surface area contributed by atoms with Crippen molar-refractivity contribution in [1.29, 1.82) is 0 Å². The van der Waals surface area contributed by atoms with Gasteiger partial charge in [0.1, 0.15) is 0 Å². The van der Waals surface area contributed by atoms with Gasteiger partial charge in [0.25, 0.3) is 0 Å². The summed E-state index contributed by atoms with van der Waals surface area (Å²) in [6, 6.07) is 6.20. The molecule has 1 fully saturated rings. The molecule has 1 aliphatic carbocycles. The molecule has 1 heterocycles. The predicted octanol–water partition coefficient (Wildman–Crippen LogP) is 3.21. The molecule has 1 aliphatic heterocycles. The molecule has 19 heavy (non-hydrogen) atoms. The highest BCUT2D eigenvalue weighted by molar-refractivity contribution is 5.45. The van der Waals surface area contributed by atoms with Crippen LogP contribution in [0.3, 0.4) is 0 Å². The molecule has 2 aliphatic rings. The van der Waals surface area contributed by atoms with E-state index in [1.54, 1.807) is 0 Å². The summed E-state index contributed by atoms with van der Waals surface area (Å²) in [5, 5.41) is 0. The number of benzene rings is 1. The van der Waals surface area contributed by atoms with E-state index in [0.29, 0.717) is 13.2 Å². The van der Waals surface area contributed by atoms with Crippen LogP contribution in [0.15, 0.2) is 18.2 Å². The van der Waals surface area contributed by atoms with Crippen LogP contribution in [0.25, 0.3) is 0 Å². The minimum atomic E-state index is -0.166. The normalized spacial score (nSPS) is 23.9. The van der Waals surface area contributed by atoms with Gasteiger partial charge in [-0.1, -0.05) is 32.8 Å². The molecule has 0 saturated heterocycles. The molecule has 3 heteroatoms. The van der Waals surface area contributed by atoms with E-state index in [-0.39, 0.29) is 11.0 Å². The largest absolute Gasteiger partial charge is 0.489 e. The first-order valence-corrected chi connectivity index (χ1v) is 7.18. The zero-order valence-electron chi connectivity index (χ0n) is 11.9. The summed E-state index contributed by atoms with van der Waals surface area (Å²) >= 11 is 0. The van der Waals surface area contributed by atoms with Gasteiger partial charge in [-0.2, -0.15) is 0 Å². The quantitative estimate of drug-likeness (QED) is 0.844. The van der Waals surface area contributed by atoms with Crippen LogP contribution in [0.5, 0.6) is 11.5 Å². The maximum atomic E-state index is 6.51. The Balaban J connectivity index is 1.90. The number of nitrogens with two attached hydrogens (primary N) is 1. The van der Waals surface area contributed by atoms with Crippen LogP contribution >= 0.6 is 0 Å². The molecule has 3 nitrogen and oxygen atoms in total. The van der Waals surface area contributed by atoms with E-state index >= 15 is 0 Å². The fourth-order valence-corrected chi connectivity index (χ4v) is 2.93. The van der Waals surface area contributed by atoms with Gasteiger partial charge in [-0.3, -0.25) is 0 Å². The van der Waals surface area contributed by atoms with Gasteiger partial charge in [0.2, 0.25) is 0 Å². The Labute approximate surface area is 115 Å². The molecule has 3 rings (SSSR count). The minimum Gasteiger partial charge on any atom is -0.489 e. The summed E-state index contributed by atoms with van der Waals surface area (Å²) in [4.78, 5) is 0. The Kier molecular flexibility index (Phi) is 2.97. The second-order valence-corrected chi connectivity index (χ2v) is 6.77. The molecule has 0 aromatic heterocycles. The molecule has 1 aromatic rings. The topological polar surface area (TPSA) is 44.5 Å². The smallest absolute Gasteiger partial charge is 0.161 e. The standard InChI is InChI=1S/C16H23NO2/c1-15(2)10-18-13-6-5-12(9-14(13)19-11-15)16(17)7-3-4-8-16/h5-6,9H,3-4,7-8,10-11,17H2,1-2H3. The highest BCUT2D eigenvalue weighted by atomic mass is 16.5. The van der Waals surface area contributed by atoms with Crippen LogP contribution < -0.4 is 15.2 Å². The van der Waals surface area contributed by atoms with Crippen molar-refractivity contribution in [2.24, 2.45) is 11.1 Å². The lowest BCUT2D eigenvalue weighted by atomic mass is 9.89. The van der Waals surface area contributed by atoms with Crippen LogP contribution in [0.4, 0.5) is 0 Å². The molecular formula is C16H23NO2. The molecule has 0 atom stereocenters. The van der Waals surface area contributed by atoms with E-state index in [1.165, 1.54) is 18.4 Å². The summed E-state index contributed by atoms with van der Waals surface area (Å²) in [6.45, 7) is 5.68. The third-order valence-corrected chi connectivity index (χ3v) is 4.25. The lowest BCUT2D eigenvalue weighted by molar-refractivity contribution is 0.140. The van der Waals surface area contributed by atoms with Crippen LogP contribution in [-0.4, -0.2) is 13.2 Å². The Bertz CT molecular complexity index is 476. The zero-order chi connectivity index (χ0) is 13.5. The highest BCUT2D eigenvalue weighted by Crippen LogP contribution is 2.41. The Morgan fingerprint density at radius 2 is 1.63 bits per heavy atom. The molecule has 0 bridgehead atoms. The Morgan fingerprint density at radius 3 is 2.32 bits per heavy atom. The molecule has 1 aromatic carbocycles. The number of ether oxygens (including phenoxy) is 2. The van der Waals surface area contributed by atoms with Gasteiger partial charge in [-0.15, -0.1) is 0 Å². The highest BCUT2D eigenvalue weighted by Gasteiger charge is 2.33. The molecule has 1 saturated carbocycles. The van der Waals surface area contributed by atoms with Crippen molar-refractivity contribution < 1.29 is 9.47 Å². The van der Waals surface area contributed by atoms with Gasteiger partial charge in [0.15, 0.2) is 11.5 Å². The molecule has 0 radical (unpaired) electrons. The van der Waals surface area contributed by atoms with E-state index in [0.717, 1.165) is 24.3 Å². The number of fused-ring (bicyclic) bond motifs is 1. The number of hydrogen-bond acceptors (Lipinski definition) is 3. The zero-order valence-corrected chi connectivity index (χ0v) is 11.9. The monoisotopic (exact) mass is 261 g/mol. The fraction of sp³-hybridized carbons (Fsp3) is 0.625. The van der Waals surface area contributed by atoms with Crippen molar-refractivity contribution in [3.8, 4) is 11.5 Å². The maximum absolute atomic E-state index is 6.51. The second kappa shape index (κ2) is 4.41. The number of hydrogen-bond donors (Lipinski definition) is 1. The van der Waals surface area contributed by atoms with Crippen molar-refractivity contribution in [1.82, 2.24) is 0 Å². The van der Waals surface area contributed by atoms with Crippen molar-refractivity contribution in [2.45, 2.75) is 45.1 Å². The first-order chi connectivity index (χ1) is 8.99. The molecule has 104 valence electrons. The average Bonchev–Trinajstić information content (AvgIpc) is 2.76. The SMILES string of the molecule is CC1(C)COc2ccc(C3(N)CCCC3)cc2OC1. The first kappa shape index (κ1) is 12.8. The third kappa shape index (κ3) is 2.44. The van der Waals surface area contributed by atoms with Crippen molar-refractivity contribution in [3.05, 3.63) is 23.8 Å². The predicted molar refractivity (Wildman–Crippen MR) is 75.5 cm³/mol. The minimum absolute atomic E-state index is 0.0486. The first-order valence-electron chi connectivity index (χ1n) is 7.18. The van der Waals surface area contributed by atoms with Gasteiger partial charge in [-0.25, -0.2) is 0 Å². The van der Waals surface area contributed by atoms with Crippen molar-refractivity contribution in [2.75, 3.05) is 13.2 Å². The third-order valence-electron chi connectivity index (χ3n) is 4.25. The maximum Gasteiger partial charge on any atom is 0.161 e. The van der Waals surface area contributed by atoms with E-state index in [1.807, 2.05) is 6.07 Å². The fourth-order valence-electron chi connectivity index (χ4n) is 2.93. The summed E-state index contributed by atoms with van der Waals surface area (Å²) in [6.07, 6.45) is 4.58. The van der Waals surface area contributed by atoms with Crippen LogP contribution in [0.2, 0.25) is 0 Å². The molecule has 0 spiro atoms. The van der Waals surface area contributed by atoms with Gasteiger partial charge in [-0.05, 0) is 30.5 Å². The van der Waals surface area contributed by atoms with E-state index < -0.39 is 0 Å². The lowest BCUT2D eigenvalue weighted by Gasteiger charge is -2.25. The van der Waals surface area contributed by atoms with E-state index in [9.17, 15) is 0 Å².